The zero-order valence-corrected chi connectivity index (χ0v) is 14.2. The van der Waals surface area contributed by atoms with E-state index in [9.17, 15) is 18.3 Å². The van der Waals surface area contributed by atoms with Crippen LogP contribution in [0, 0.1) is 0 Å². The molecule has 0 amide bonds. The second-order valence-corrected chi connectivity index (χ2v) is 6.04. The second kappa shape index (κ2) is 8.36. The first-order valence-corrected chi connectivity index (χ1v) is 8.08. The van der Waals surface area contributed by atoms with Gasteiger partial charge < -0.3 is 15.2 Å². The molecule has 136 valence electrons. The molecule has 0 bridgehead atoms. The average molecular weight is 353 g/mol. The third kappa shape index (κ3) is 5.76. The van der Waals surface area contributed by atoms with E-state index in [-0.39, 0.29) is 24.8 Å². The van der Waals surface area contributed by atoms with Gasteiger partial charge in [-0.1, -0.05) is 30.3 Å². The van der Waals surface area contributed by atoms with Crippen LogP contribution in [0.1, 0.15) is 36.6 Å². The summed E-state index contributed by atoms with van der Waals surface area (Å²) < 4.78 is 44.3. The van der Waals surface area contributed by atoms with Crippen molar-refractivity contribution in [2.24, 2.45) is 0 Å². The fourth-order valence-corrected chi connectivity index (χ4v) is 2.45. The normalized spacial score (nSPS) is 13.1. The van der Waals surface area contributed by atoms with E-state index >= 15 is 0 Å². The Morgan fingerprint density at radius 3 is 2.28 bits per heavy atom. The number of benzene rings is 2. The van der Waals surface area contributed by atoms with Gasteiger partial charge in [-0.15, -0.1) is 0 Å². The molecule has 0 fully saturated rings. The van der Waals surface area contributed by atoms with Gasteiger partial charge >= 0.3 is 6.18 Å². The number of aliphatic hydroxyl groups is 1. The molecule has 25 heavy (non-hydrogen) atoms. The van der Waals surface area contributed by atoms with Crippen LogP contribution < -0.4 is 10.1 Å². The molecule has 2 rings (SSSR count). The molecule has 0 saturated heterocycles. The molecule has 0 aromatic heterocycles. The fraction of sp³-hybridized carbons (Fsp3) is 0.368. The molecule has 0 heterocycles. The molecule has 0 aliphatic rings. The lowest BCUT2D eigenvalue weighted by atomic mass is 10.1. The molecule has 0 aliphatic heterocycles. The molecule has 2 aromatic rings. The smallest absolute Gasteiger partial charge is 0.416 e. The Morgan fingerprint density at radius 1 is 1.04 bits per heavy atom. The molecule has 1 atom stereocenters. The Labute approximate surface area is 145 Å². The van der Waals surface area contributed by atoms with Gasteiger partial charge in [0.1, 0.15) is 5.75 Å². The first-order chi connectivity index (χ1) is 11.8. The van der Waals surface area contributed by atoms with Crippen molar-refractivity contribution in [3.63, 3.8) is 0 Å². The zero-order valence-electron chi connectivity index (χ0n) is 14.2. The monoisotopic (exact) mass is 353 g/mol. The highest BCUT2D eigenvalue weighted by atomic mass is 19.4. The van der Waals surface area contributed by atoms with Gasteiger partial charge in [0.15, 0.2) is 0 Å². The summed E-state index contributed by atoms with van der Waals surface area (Å²) >= 11 is 0. The predicted octanol–water partition coefficient (Wildman–Crippen LogP) is 4.32. The van der Waals surface area contributed by atoms with Crippen LogP contribution in [0.15, 0.2) is 48.5 Å². The minimum atomic E-state index is -4.39. The number of aliphatic hydroxyl groups excluding tert-OH is 1. The van der Waals surface area contributed by atoms with Crippen molar-refractivity contribution >= 4 is 0 Å². The molecule has 3 nitrogen and oxygen atoms in total. The third-order valence-corrected chi connectivity index (χ3v) is 3.61. The maximum Gasteiger partial charge on any atom is 0.416 e. The molecular weight excluding hydrogens is 331 g/mol. The maximum absolute atomic E-state index is 12.9. The van der Waals surface area contributed by atoms with Crippen LogP contribution in [0.5, 0.6) is 5.75 Å². The quantitative estimate of drug-likeness (QED) is 0.779. The molecule has 2 N–H and O–H groups in total. The molecule has 2 aromatic carbocycles. The summed E-state index contributed by atoms with van der Waals surface area (Å²) in [6.45, 7) is 4.02. The van der Waals surface area contributed by atoms with E-state index < -0.39 is 17.8 Å². The van der Waals surface area contributed by atoms with Crippen LogP contribution in [0.2, 0.25) is 0 Å². The van der Waals surface area contributed by atoms with E-state index in [1.54, 1.807) is 30.3 Å². The molecule has 0 aliphatic carbocycles. The number of hydrogen-bond acceptors (Lipinski definition) is 3. The number of nitrogens with one attached hydrogen (secondary N) is 1. The van der Waals surface area contributed by atoms with Crippen LogP contribution in [-0.4, -0.2) is 17.8 Å². The van der Waals surface area contributed by atoms with E-state index in [1.807, 2.05) is 13.8 Å². The Kier molecular flexibility index (Phi) is 6.45. The van der Waals surface area contributed by atoms with Gasteiger partial charge in [0.2, 0.25) is 0 Å². The Balaban J connectivity index is 1.92. The van der Waals surface area contributed by atoms with Crippen LogP contribution in [0.4, 0.5) is 13.2 Å². The third-order valence-electron chi connectivity index (χ3n) is 3.61. The summed E-state index contributed by atoms with van der Waals surface area (Å²) in [4.78, 5) is 0. The molecular formula is C19H22F3NO2. The van der Waals surface area contributed by atoms with Gasteiger partial charge in [0.25, 0.3) is 0 Å². The average Bonchev–Trinajstić information content (AvgIpc) is 2.54. The van der Waals surface area contributed by atoms with Gasteiger partial charge in [-0.25, -0.2) is 0 Å². The Hall–Kier alpha value is -2.05. The second-order valence-electron chi connectivity index (χ2n) is 6.04. The molecule has 0 spiro atoms. The van der Waals surface area contributed by atoms with Gasteiger partial charge in [0, 0.05) is 13.1 Å². The van der Waals surface area contributed by atoms with Crippen molar-refractivity contribution < 1.29 is 23.0 Å². The van der Waals surface area contributed by atoms with Crippen molar-refractivity contribution in [1.29, 1.82) is 0 Å². The van der Waals surface area contributed by atoms with Crippen molar-refractivity contribution in [1.82, 2.24) is 5.32 Å². The molecule has 0 radical (unpaired) electrons. The van der Waals surface area contributed by atoms with Gasteiger partial charge in [0.05, 0.1) is 17.8 Å². The van der Waals surface area contributed by atoms with Crippen LogP contribution >= 0.6 is 0 Å². The van der Waals surface area contributed by atoms with Gasteiger partial charge in [-0.2, -0.15) is 13.2 Å². The van der Waals surface area contributed by atoms with Gasteiger partial charge in [-0.3, -0.25) is 0 Å². The summed E-state index contributed by atoms with van der Waals surface area (Å²) in [5.41, 5.74) is 0.169. The zero-order chi connectivity index (χ0) is 18.4. The Bertz CT molecular complexity index is 669. The number of halogens is 3. The minimum Gasteiger partial charge on any atom is -0.491 e. The number of hydrogen-bond donors (Lipinski definition) is 2. The molecule has 6 heteroatoms. The van der Waals surface area contributed by atoms with Crippen molar-refractivity contribution in [2.75, 3.05) is 6.54 Å². The van der Waals surface area contributed by atoms with E-state index in [2.05, 4.69) is 5.32 Å². The largest absolute Gasteiger partial charge is 0.491 e. The highest BCUT2D eigenvalue weighted by Crippen LogP contribution is 2.31. The lowest BCUT2D eigenvalue weighted by Gasteiger charge is -2.16. The minimum absolute atomic E-state index is 0.0291. The van der Waals surface area contributed by atoms with E-state index in [4.69, 9.17) is 4.74 Å². The van der Waals surface area contributed by atoms with E-state index in [1.165, 1.54) is 12.1 Å². The SMILES string of the molecule is CC(C)Oc1ccc([C@@H](O)CNCc2ccccc2C(F)(F)F)cc1. The van der Waals surface area contributed by atoms with E-state index in [0.717, 1.165) is 6.07 Å². The summed E-state index contributed by atoms with van der Waals surface area (Å²) in [5, 5.41) is 13.1. The number of ether oxygens (including phenoxy) is 1. The summed E-state index contributed by atoms with van der Waals surface area (Å²) in [7, 11) is 0. The summed E-state index contributed by atoms with van der Waals surface area (Å²) in [6.07, 6.45) is -5.14. The Morgan fingerprint density at radius 2 is 1.68 bits per heavy atom. The van der Waals surface area contributed by atoms with E-state index in [0.29, 0.717) is 11.3 Å². The maximum atomic E-state index is 12.9. The first-order valence-electron chi connectivity index (χ1n) is 8.08. The molecule has 0 saturated carbocycles. The van der Waals surface area contributed by atoms with Crippen LogP contribution in [0.25, 0.3) is 0 Å². The molecule has 0 unspecified atom stereocenters. The van der Waals surface area contributed by atoms with Crippen molar-refractivity contribution in [2.45, 2.75) is 38.8 Å². The summed E-state index contributed by atoms with van der Waals surface area (Å²) in [5.74, 6) is 0.706. The lowest BCUT2D eigenvalue weighted by Crippen LogP contribution is -2.23. The summed E-state index contributed by atoms with van der Waals surface area (Å²) in [6, 6.07) is 12.4. The highest BCUT2D eigenvalue weighted by Gasteiger charge is 2.32. The predicted molar refractivity (Wildman–Crippen MR) is 90.3 cm³/mol. The van der Waals surface area contributed by atoms with Gasteiger partial charge in [-0.05, 0) is 43.2 Å². The number of alkyl halides is 3. The van der Waals surface area contributed by atoms with Crippen molar-refractivity contribution in [3.05, 3.63) is 65.2 Å². The first kappa shape index (κ1) is 19.3. The topological polar surface area (TPSA) is 41.5 Å². The standard InChI is InChI=1S/C19H22F3NO2/c1-13(2)25-16-9-7-14(8-10-16)18(24)12-23-11-15-5-3-4-6-17(15)19(20,21)22/h3-10,13,18,23-24H,11-12H2,1-2H3/t18-/m0/s1. The lowest BCUT2D eigenvalue weighted by molar-refractivity contribution is -0.138. The fourth-order valence-electron chi connectivity index (χ4n) is 2.45. The van der Waals surface area contributed by atoms with Crippen LogP contribution in [-0.2, 0) is 12.7 Å². The van der Waals surface area contributed by atoms with Crippen molar-refractivity contribution in [3.8, 4) is 5.75 Å². The number of rotatable bonds is 7. The highest BCUT2D eigenvalue weighted by molar-refractivity contribution is 5.30. The van der Waals surface area contributed by atoms with Crippen LogP contribution in [0.3, 0.4) is 0 Å².